The number of carbonyl (C=O) groups is 2. The number of nitrogens with zero attached hydrogens (tertiary/aromatic N) is 1. The Morgan fingerprint density at radius 2 is 1.97 bits per heavy atom. The molecule has 3 N–H and O–H groups in total. The number of ether oxygens (including phenoxy) is 1. The van der Waals surface area contributed by atoms with Gasteiger partial charge in [-0.25, -0.2) is 22.3 Å². The van der Waals surface area contributed by atoms with Crippen molar-refractivity contribution in [3.63, 3.8) is 0 Å². The van der Waals surface area contributed by atoms with Gasteiger partial charge in [0.1, 0.15) is 5.02 Å². The van der Waals surface area contributed by atoms with Crippen LogP contribution in [0.25, 0.3) is 10.4 Å². The normalized spacial score (nSPS) is 15.4. The van der Waals surface area contributed by atoms with Crippen molar-refractivity contribution < 1.29 is 33.0 Å². The van der Waals surface area contributed by atoms with Gasteiger partial charge in [-0.2, -0.15) is 0 Å². The molecule has 174 valence electrons. The van der Waals surface area contributed by atoms with E-state index in [-0.39, 0.29) is 27.4 Å². The fraction of sp³-hybridized carbons (Fsp3) is 0.400. The summed E-state index contributed by atoms with van der Waals surface area (Å²) in [6.07, 6.45) is 1.33. The van der Waals surface area contributed by atoms with Crippen LogP contribution in [0.15, 0.2) is 24.3 Å². The highest BCUT2D eigenvalue weighted by atomic mass is 35.5. The lowest BCUT2D eigenvalue weighted by molar-refractivity contribution is -0.139. The summed E-state index contributed by atoms with van der Waals surface area (Å²) in [5, 5.41) is 21.7. The Balaban J connectivity index is 1.77. The summed E-state index contributed by atoms with van der Waals surface area (Å²) in [5.74, 6) is -2.57. The first-order valence-corrected chi connectivity index (χ1v) is 12.7. The third-order valence-electron chi connectivity index (χ3n) is 5.05. The van der Waals surface area contributed by atoms with Gasteiger partial charge in [-0.1, -0.05) is 23.7 Å². The Bertz CT molecular complexity index is 1110. The number of carboxylic acid groups (broad SMARTS) is 2. The number of aromatic carboxylic acids is 1. The number of sulfonamides is 1. The molecule has 0 amide bonds. The molecule has 0 bridgehead atoms. The van der Waals surface area contributed by atoms with Crippen molar-refractivity contribution in [1.29, 1.82) is 0 Å². The summed E-state index contributed by atoms with van der Waals surface area (Å²) in [4.78, 5) is 22.7. The molecule has 0 aliphatic carbocycles. The van der Waals surface area contributed by atoms with E-state index in [0.29, 0.717) is 36.4 Å². The van der Waals surface area contributed by atoms with Crippen molar-refractivity contribution in [3.05, 3.63) is 34.2 Å². The van der Waals surface area contributed by atoms with Gasteiger partial charge in [0.05, 0.1) is 10.6 Å². The second-order valence-corrected chi connectivity index (χ2v) is 10.8. The van der Waals surface area contributed by atoms with Gasteiger partial charge < -0.3 is 20.3 Å². The molecule has 1 saturated heterocycles. The first kappa shape index (κ1) is 24.3. The van der Waals surface area contributed by atoms with Crippen LogP contribution in [0.1, 0.15) is 29.4 Å². The Labute approximate surface area is 194 Å². The monoisotopic (exact) mass is 502 g/mol. The molecule has 1 fully saturated rings. The number of thiophene rings is 1. The molecule has 2 aromatic rings. The zero-order valence-corrected chi connectivity index (χ0v) is 19.6. The molecule has 1 aromatic carbocycles. The number of anilines is 1. The van der Waals surface area contributed by atoms with Crippen LogP contribution < -0.4 is 10.1 Å². The van der Waals surface area contributed by atoms with Crippen molar-refractivity contribution in [1.82, 2.24) is 4.31 Å². The third kappa shape index (κ3) is 5.52. The van der Waals surface area contributed by atoms with Gasteiger partial charge in [-0.15, -0.1) is 11.3 Å². The minimum Gasteiger partial charge on any atom is -0.479 e. The zero-order valence-electron chi connectivity index (χ0n) is 17.2. The maximum Gasteiger partial charge on any atom is 0.349 e. The first-order valence-electron chi connectivity index (χ1n) is 9.87. The van der Waals surface area contributed by atoms with Crippen LogP contribution in [0, 0.1) is 0 Å². The van der Waals surface area contributed by atoms with E-state index in [1.54, 1.807) is 19.1 Å². The van der Waals surface area contributed by atoms with E-state index < -0.39 is 28.6 Å². The smallest absolute Gasteiger partial charge is 0.349 e. The van der Waals surface area contributed by atoms with Gasteiger partial charge in [0.2, 0.25) is 10.0 Å². The maximum absolute atomic E-state index is 12.0. The molecule has 0 atom stereocenters. The fourth-order valence-electron chi connectivity index (χ4n) is 3.43. The Morgan fingerprint density at radius 1 is 1.28 bits per heavy atom. The largest absolute Gasteiger partial charge is 0.479 e. The number of halogens is 1. The van der Waals surface area contributed by atoms with E-state index in [0.717, 1.165) is 17.0 Å². The van der Waals surface area contributed by atoms with Crippen molar-refractivity contribution in [2.45, 2.75) is 25.8 Å². The maximum atomic E-state index is 12.0. The summed E-state index contributed by atoms with van der Waals surface area (Å²) in [6, 6.07) is 7.34. The number of carboxylic acids is 2. The zero-order chi connectivity index (χ0) is 23.5. The van der Waals surface area contributed by atoms with Crippen molar-refractivity contribution in [2.75, 3.05) is 30.8 Å². The Hall–Kier alpha value is -2.34. The van der Waals surface area contributed by atoms with Crippen molar-refractivity contribution in [2.24, 2.45) is 0 Å². The SMILES string of the molecule is CCS(=O)(=O)N1CCC(Nc2cccc(-c3sc(C(=O)O)c(OCC(=O)O)c3Cl)c2)CC1. The fourth-order valence-corrected chi connectivity index (χ4v) is 5.97. The lowest BCUT2D eigenvalue weighted by Crippen LogP contribution is -2.42. The Kier molecular flexibility index (Phi) is 7.65. The molecule has 0 saturated carbocycles. The van der Waals surface area contributed by atoms with E-state index in [4.69, 9.17) is 21.4 Å². The summed E-state index contributed by atoms with van der Waals surface area (Å²) >= 11 is 7.26. The van der Waals surface area contributed by atoms with Crippen LogP contribution in [-0.4, -0.2) is 66.4 Å². The quantitative estimate of drug-likeness (QED) is 0.474. The topological polar surface area (TPSA) is 133 Å². The van der Waals surface area contributed by atoms with Gasteiger partial charge >= 0.3 is 11.9 Å². The van der Waals surface area contributed by atoms with Gasteiger partial charge in [-0.3, -0.25) is 0 Å². The summed E-state index contributed by atoms with van der Waals surface area (Å²) < 4.78 is 30.7. The number of aliphatic carboxylic acids is 1. The van der Waals surface area contributed by atoms with Gasteiger partial charge in [-0.05, 0) is 37.5 Å². The summed E-state index contributed by atoms with van der Waals surface area (Å²) in [6.45, 7) is 1.84. The number of rotatable bonds is 9. The highest BCUT2D eigenvalue weighted by Crippen LogP contribution is 2.46. The highest BCUT2D eigenvalue weighted by molar-refractivity contribution is 7.89. The average Bonchev–Trinajstić information content (AvgIpc) is 3.09. The van der Waals surface area contributed by atoms with E-state index in [2.05, 4.69) is 5.32 Å². The number of benzene rings is 1. The van der Waals surface area contributed by atoms with Crippen LogP contribution in [0.4, 0.5) is 5.69 Å². The Morgan fingerprint density at radius 3 is 2.56 bits per heavy atom. The van der Waals surface area contributed by atoms with E-state index in [1.807, 2.05) is 12.1 Å². The number of piperidine rings is 1. The summed E-state index contributed by atoms with van der Waals surface area (Å²) in [5.41, 5.74) is 1.44. The molecular weight excluding hydrogens is 480 g/mol. The number of hydrogen-bond acceptors (Lipinski definition) is 7. The second kappa shape index (κ2) is 10.1. The molecule has 1 aliphatic rings. The summed E-state index contributed by atoms with van der Waals surface area (Å²) in [7, 11) is -3.19. The molecule has 1 aliphatic heterocycles. The highest BCUT2D eigenvalue weighted by Gasteiger charge is 2.27. The minimum atomic E-state index is -3.19. The minimum absolute atomic E-state index is 0.0453. The number of nitrogens with one attached hydrogen (secondary N) is 1. The predicted octanol–water partition coefficient (Wildman–Crippen LogP) is 3.46. The molecule has 12 heteroatoms. The molecular formula is C20H23ClN2O7S2. The predicted molar refractivity (Wildman–Crippen MR) is 123 cm³/mol. The van der Waals surface area contributed by atoms with Crippen LogP contribution in [0.5, 0.6) is 5.75 Å². The average molecular weight is 503 g/mol. The van der Waals surface area contributed by atoms with Crippen molar-refractivity contribution >= 4 is 50.6 Å². The van der Waals surface area contributed by atoms with Crippen LogP contribution in [0.2, 0.25) is 5.02 Å². The van der Waals surface area contributed by atoms with Gasteiger partial charge in [0, 0.05) is 24.8 Å². The molecule has 9 nitrogen and oxygen atoms in total. The van der Waals surface area contributed by atoms with E-state index >= 15 is 0 Å². The van der Waals surface area contributed by atoms with Crippen LogP contribution in [-0.2, 0) is 14.8 Å². The lowest BCUT2D eigenvalue weighted by Gasteiger charge is -2.32. The van der Waals surface area contributed by atoms with Crippen LogP contribution in [0.3, 0.4) is 0 Å². The molecule has 0 radical (unpaired) electrons. The van der Waals surface area contributed by atoms with Crippen LogP contribution >= 0.6 is 22.9 Å². The second-order valence-electron chi connectivity index (χ2n) is 7.19. The van der Waals surface area contributed by atoms with Gasteiger partial charge in [0.15, 0.2) is 17.2 Å². The number of hydrogen-bond donors (Lipinski definition) is 3. The molecule has 2 heterocycles. The molecule has 0 spiro atoms. The van der Waals surface area contributed by atoms with Crippen molar-refractivity contribution in [3.8, 4) is 16.2 Å². The first-order chi connectivity index (χ1) is 15.1. The molecule has 32 heavy (non-hydrogen) atoms. The molecule has 0 unspecified atom stereocenters. The third-order valence-corrected chi connectivity index (χ3v) is 8.61. The lowest BCUT2D eigenvalue weighted by atomic mass is 10.1. The molecule has 3 rings (SSSR count). The standard InChI is InChI=1S/C20H23ClN2O7S2/c1-2-32(28,29)23-8-6-13(7-9-23)22-14-5-3-4-12(10-14)18-16(21)17(30-11-15(24)25)19(31-18)20(26)27/h3-5,10,13,22H,2,6-9,11H2,1H3,(H,24,25)(H,26,27). The molecule has 1 aromatic heterocycles. The van der Waals surface area contributed by atoms with Gasteiger partial charge in [0.25, 0.3) is 0 Å². The van der Waals surface area contributed by atoms with E-state index in [9.17, 15) is 23.1 Å². The van der Waals surface area contributed by atoms with E-state index in [1.165, 1.54) is 4.31 Å².